The normalized spacial score (nSPS) is 11.5. The summed E-state index contributed by atoms with van der Waals surface area (Å²) >= 11 is 8.38. The first-order valence-electron chi connectivity index (χ1n) is 12.4. The molecule has 2 nitrogen and oxygen atoms in total. The highest BCUT2D eigenvalue weighted by atomic mass is 35.5. The maximum absolute atomic E-state index is 6.69. The SMILES string of the molecule is Nc1ccc(-c2ccccc2)cc1Sc1c2ccccc2cc2oc3cccc(-c4ccccc4Cl)c3c12. The summed E-state index contributed by atoms with van der Waals surface area (Å²) in [6.07, 6.45) is 0. The van der Waals surface area contributed by atoms with Crippen molar-refractivity contribution in [2.24, 2.45) is 0 Å². The molecule has 6 aromatic carbocycles. The van der Waals surface area contributed by atoms with Crippen molar-refractivity contribution >= 4 is 61.8 Å². The van der Waals surface area contributed by atoms with E-state index in [1.54, 1.807) is 11.8 Å². The molecule has 0 saturated carbocycles. The lowest BCUT2D eigenvalue weighted by molar-refractivity contribution is 0.669. The van der Waals surface area contributed by atoms with Gasteiger partial charge in [-0.3, -0.25) is 0 Å². The molecule has 38 heavy (non-hydrogen) atoms. The van der Waals surface area contributed by atoms with Crippen LogP contribution in [0.3, 0.4) is 0 Å². The minimum absolute atomic E-state index is 0.712. The van der Waals surface area contributed by atoms with Gasteiger partial charge in [-0.15, -0.1) is 0 Å². The average Bonchev–Trinajstić information content (AvgIpc) is 3.33. The van der Waals surface area contributed by atoms with Crippen molar-refractivity contribution in [3.63, 3.8) is 0 Å². The highest BCUT2D eigenvalue weighted by molar-refractivity contribution is 8.00. The first-order valence-corrected chi connectivity index (χ1v) is 13.6. The second kappa shape index (κ2) is 9.29. The predicted octanol–water partition coefficient (Wildman–Crippen LogP) is 10.5. The van der Waals surface area contributed by atoms with Gasteiger partial charge in [-0.05, 0) is 57.8 Å². The molecule has 2 N–H and O–H groups in total. The van der Waals surface area contributed by atoms with Crippen LogP contribution in [0.25, 0.3) is 55.0 Å². The second-order valence-corrected chi connectivity index (χ2v) is 10.7. The van der Waals surface area contributed by atoms with Crippen LogP contribution in [-0.2, 0) is 0 Å². The first kappa shape index (κ1) is 23.0. The van der Waals surface area contributed by atoms with Crippen LogP contribution < -0.4 is 5.73 Å². The van der Waals surface area contributed by atoms with Gasteiger partial charge in [-0.25, -0.2) is 0 Å². The Morgan fingerprint density at radius 1 is 0.605 bits per heavy atom. The van der Waals surface area contributed by atoms with Gasteiger partial charge in [0.2, 0.25) is 0 Å². The Morgan fingerprint density at radius 2 is 1.37 bits per heavy atom. The number of rotatable bonds is 4. The second-order valence-electron chi connectivity index (χ2n) is 9.28. The Kier molecular flexibility index (Phi) is 5.61. The first-order chi connectivity index (χ1) is 18.7. The molecule has 0 radical (unpaired) electrons. The van der Waals surface area contributed by atoms with Gasteiger partial charge in [0.1, 0.15) is 11.2 Å². The monoisotopic (exact) mass is 527 g/mol. The molecule has 0 aliphatic carbocycles. The number of nitrogen functional groups attached to an aromatic ring is 1. The van der Waals surface area contributed by atoms with Crippen LogP contribution >= 0.6 is 23.4 Å². The summed E-state index contributed by atoms with van der Waals surface area (Å²) in [5.41, 5.74) is 13.3. The summed E-state index contributed by atoms with van der Waals surface area (Å²) in [6, 6.07) is 41.4. The summed E-state index contributed by atoms with van der Waals surface area (Å²) in [5, 5.41) is 5.12. The van der Waals surface area contributed by atoms with Crippen LogP contribution in [0.4, 0.5) is 5.69 Å². The number of nitrogens with two attached hydrogens (primary N) is 1. The average molecular weight is 528 g/mol. The van der Waals surface area contributed by atoms with Crippen molar-refractivity contribution in [1.82, 2.24) is 0 Å². The Labute approximate surface area is 229 Å². The highest BCUT2D eigenvalue weighted by Gasteiger charge is 2.20. The van der Waals surface area contributed by atoms with E-state index in [4.69, 9.17) is 21.8 Å². The number of hydrogen-bond acceptors (Lipinski definition) is 3. The van der Waals surface area contributed by atoms with Crippen LogP contribution in [0, 0.1) is 0 Å². The fourth-order valence-corrected chi connectivity index (χ4v) is 6.58. The quantitative estimate of drug-likeness (QED) is 0.231. The summed E-state index contributed by atoms with van der Waals surface area (Å²) < 4.78 is 6.48. The van der Waals surface area contributed by atoms with E-state index in [9.17, 15) is 0 Å². The summed E-state index contributed by atoms with van der Waals surface area (Å²) in [7, 11) is 0. The van der Waals surface area contributed by atoms with E-state index < -0.39 is 0 Å². The number of fused-ring (bicyclic) bond motifs is 4. The van der Waals surface area contributed by atoms with Gasteiger partial charge in [0.25, 0.3) is 0 Å². The molecule has 0 bridgehead atoms. The molecule has 0 saturated heterocycles. The Bertz CT molecular complexity index is 1980. The minimum atomic E-state index is 0.712. The standard InChI is InChI=1S/C34H22ClNOS/c35-27-15-7-6-13-25(27)26-14-8-16-29-32(26)33-30(37-29)19-23-11-4-5-12-24(23)34(33)38-31-20-22(17-18-28(31)36)21-9-2-1-3-10-21/h1-20H,36H2. The van der Waals surface area contributed by atoms with Gasteiger partial charge in [-0.2, -0.15) is 0 Å². The molecule has 0 atom stereocenters. The topological polar surface area (TPSA) is 39.2 Å². The maximum atomic E-state index is 6.69. The molecule has 0 spiro atoms. The van der Waals surface area contributed by atoms with E-state index in [1.807, 2.05) is 42.5 Å². The molecule has 0 amide bonds. The van der Waals surface area contributed by atoms with E-state index >= 15 is 0 Å². The Balaban J connectivity index is 1.53. The highest BCUT2D eigenvalue weighted by Crippen LogP contribution is 2.48. The molecule has 4 heteroatoms. The van der Waals surface area contributed by atoms with Gasteiger partial charge in [0.05, 0.1) is 0 Å². The number of halogens is 1. The van der Waals surface area contributed by atoms with Gasteiger partial charge in [-0.1, -0.05) is 114 Å². The molecule has 7 aromatic rings. The molecule has 0 aliphatic heterocycles. The summed E-state index contributed by atoms with van der Waals surface area (Å²) in [4.78, 5) is 2.13. The van der Waals surface area contributed by atoms with Gasteiger partial charge in [0, 0.05) is 36.8 Å². The third-order valence-corrected chi connectivity index (χ3v) is 8.49. The van der Waals surface area contributed by atoms with Crippen molar-refractivity contribution in [1.29, 1.82) is 0 Å². The molecule has 7 rings (SSSR count). The van der Waals surface area contributed by atoms with E-state index in [1.165, 1.54) is 0 Å². The summed E-state index contributed by atoms with van der Waals surface area (Å²) in [6.45, 7) is 0. The van der Waals surface area contributed by atoms with Crippen molar-refractivity contribution in [2.75, 3.05) is 5.73 Å². The fraction of sp³-hybridized carbons (Fsp3) is 0. The number of benzene rings is 6. The maximum Gasteiger partial charge on any atom is 0.137 e. The van der Waals surface area contributed by atoms with Gasteiger partial charge in [0.15, 0.2) is 0 Å². The van der Waals surface area contributed by atoms with E-state index in [-0.39, 0.29) is 0 Å². The molecule has 1 heterocycles. The molecule has 0 aliphatic rings. The van der Waals surface area contributed by atoms with Gasteiger partial charge < -0.3 is 10.2 Å². The lowest BCUT2D eigenvalue weighted by atomic mass is 9.98. The van der Waals surface area contributed by atoms with Crippen LogP contribution in [0.15, 0.2) is 136 Å². The zero-order valence-corrected chi connectivity index (χ0v) is 21.9. The van der Waals surface area contributed by atoms with E-state index in [2.05, 4.69) is 78.9 Å². The minimum Gasteiger partial charge on any atom is -0.456 e. The third-order valence-electron chi connectivity index (χ3n) is 6.96. The van der Waals surface area contributed by atoms with Crippen molar-refractivity contribution in [3.8, 4) is 22.3 Å². The van der Waals surface area contributed by atoms with Crippen molar-refractivity contribution in [3.05, 3.63) is 126 Å². The predicted molar refractivity (Wildman–Crippen MR) is 162 cm³/mol. The van der Waals surface area contributed by atoms with E-state index in [0.717, 1.165) is 70.4 Å². The van der Waals surface area contributed by atoms with Crippen LogP contribution in [0.2, 0.25) is 5.02 Å². The largest absolute Gasteiger partial charge is 0.456 e. The van der Waals surface area contributed by atoms with Crippen molar-refractivity contribution in [2.45, 2.75) is 9.79 Å². The molecule has 182 valence electrons. The molecular weight excluding hydrogens is 506 g/mol. The number of anilines is 1. The Morgan fingerprint density at radius 3 is 2.24 bits per heavy atom. The molecule has 0 unspecified atom stereocenters. The lowest BCUT2D eigenvalue weighted by Crippen LogP contribution is -1.90. The number of furan rings is 1. The Hall–Kier alpha value is -4.18. The van der Waals surface area contributed by atoms with Crippen LogP contribution in [0.5, 0.6) is 0 Å². The lowest BCUT2D eigenvalue weighted by Gasteiger charge is -2.13. The fourth-order valence-electron chi connectivity index (χ4n) is 5.15. The smallest absolute Gasteiger partial charge is 0.137 e. The van der Waals surface area contributed by atoms with Crippen LogP contribution in [-0.4, -0.2) is 0 Å². The molecule has 0 fully saturated rings. The zero-order chi connectivity index (χ0) is 25.6. The van der Waals surface area contributed by atoms with E-state index in [0.29, 0.717) is 5.02 Å². The number of hydrogen-bond donors (Lipinski definition) is 1. The van der Waals surface area contributed by atoms with Crippen molar-refractivity contribution < 1.29 is 4.42 Å². The third kappa shape index (κ3) is 3.83. The molecule has 1 aromatic heterocycles. The molecular formula is C34H22ClNOS. The summed E-state index contributed by atoms with van der Waals surface area (Å²) in [5.74, 6) is 0. The van der Waals surface area contributed by atoms with Crippen LogP contribution in [0.1, 0.15) is 0 Å². The van der Waals surface area contributed by atoms with Gasteiger partial charge >= 0.3 is 0 Å². The zero-order valence-electron chi connectivity index (χ0n) is 20.3.